The molecule has 110 valence electrons. The van der Waals surface area contributed by atoms with Gasteiger partial charge in [-0.1, -0.05) is 30.8 Å². The summed E-state index contributed by atoms with van der Waals surface area (Å²) in [6, 6.07) is 11.5. The normalized spacial score (nSPS) is 10.7. The predicted octanol–water partition coefficient (Wildman–Crippen LogP) is 3.71. The predicted molar refractivity (Wildman–Crippen MR) is 90.3 cm³/mol. The molecule has 4 nitrogen and oxygen atoms in total. The number of aromatic nitrogens is 2. The lowest BCUT2D eigenvalue weighted by Gasteiger charge is -2.02. The van der Waals surface area contributed by atoms with Crippen LogP contribution in [0.4, 0.5) is 0 Å². The molecule has 3 aromatic rings. The van der Waals surface area contributed by atoms with Crippen molar-refractivity contribution in [3.63, 3.8) is 0 Å². The lowest BCUT2D eigenvalue weighted by Crippen LogP contribution is -2.07. The minimum Gasteiger partial charge on any atom is -0.301 e. The summed E-state index contributed by atoms with van der Waals surface area (Å²) in [6.45, 7) is 2.07. The first-order chi connectivity index (χ1) is 10.7. The number of H-pyrrole nitrogens is 1. The minimum absolute atomic E-state index is 0.0887. The fraction of sp³-hybridized carbons (Fsp3) is 0.188. The molecule has 3 rings (SSSR count). The first-order valence-corrected chi connectivity index (χ1v) is 8.64. The summed E-state index contributed by atoms with van der Waals surface area (Å²) >= 11 is 3.04. The Kier molecular flexibility index (Phi) is 4.27. The number of nitrogens with zero attached hydrogens (tertiary/aromatic N) is 2. The second kappa shape index (κ2) is 6.34. The summed E-state index contributed by atoms with van der Waals surface area (Å²) in [6.07, 6.45) is 0.907. The highest BCUT2D eigenvalue weighted by atomic mass is 32.2. The molecule has 0 aliphatic heterocycles. The van der Waals surface area contributed by atoms with E-state index < -0.39 is 0 Å². The largest absolute Gasteiger partial charge is 0.301 e. The van der Waals surface area contributed by atoms with Gasteiger partial charge in [0.05, 0.1) is 17.0 Å². The van der Waals surface area contributed by atoms with Crippen LogP contribution in [0.5, 0.6) is 0 Å². The Morgan fingerprint density at radius 1 is 1.41 bits per heavy atom. The van der Waals surface area contributed by atoms with Crippen LogP contribution in [0.2, 0.25) is 0 Å². The lowest BCUT2D eigenvalue weighted by molar-refractivity contribution is 0.979. The molecule has 0 saturated heterocycles. The first kappa shape index (κ1) is 14.8. The summed E-state index contributed by atoms with van der Waals surface area (Å²) in [5, 5.41) is 10.2. The molecule has 22 heavy (non-hydrogen) atoms. The number of thioether (sulfide) groups is 1. The molecule has 0 fully saturated rings. The summed E-state index contributed by atoms with van der Waals surface area (Å²) in [5.41, 5.74) is 1.59. The Morgan fingerprint density at radius 2 is 2.27 bits per heavy atom. The monoisotopic (exact) mass is 327 g/mol. The molecule has 0 spiro atoms. The maximum absolute atomic E-state index is 12.1. The highest BCUT2D eigenvalue weighted by Crippen LogP contribution is 2.25. The third-order valence-electron chi connectivity index (χ3n) is 3.21. The van der Waals surface area contributed by atoms with Gasteiger partial charge in [-0.2, -0.15) is 5.26 Å². The zero-order valence-corrected chi connectivity index (χ0v) is 13.6. The number of nitrogens with one attached hydrogen (secondary N) is 1. The smallest absolute Gasteiger partial charge is 0.260 e. The number of nitriles is 1. The molecule has 2 heterocycles. The second-order valence-electron chi connectivity index (χ2n) is 4.76. The van der Waals surface area contributed by atoms with Gasteiger partial charge in [0, 0.05) is 10.6 Å². The number of fused-ring (bicyclic) bond motifs is 1. The molecule has 6 heteroatoms. The summed E-state index contributed by atoms with van der Waals surface area (Å²) in [5.74, 6) is 0.663. The van der Waals surface area contributed by atoms with Crippen LogP contribution in [-0.4, -0.2) is 9.97 Å². The quantitative estimate of drug-likeness (QED) is 0.586. The number of aromatic amines is 1. The van der Waals surface area contributed by atoms with Crippen molar-refractivity contribution in [2.24, 2.45) is 0 Å². The third-order valence-corrected chi connectivity index (χ3v) is 5.33. The van der Waals surface area contributed by atoms with E-state index in [9.17, 15) is 4.79 Å². The van der Waals surface area contributed by atoms with Gasteiger partial charge in [-0.15, -0.1) is 11.3 Å². The molecule has 0 aliphatic rings. The summed E-state index contributed by atoms with van der Waals surface area (Å²) < 4.78 is 0. The van der Waals surface area contributed by atoms with Crippen LogP contribution in [-0.2, 0) is 12.2 Å². The van der Waals surface area contributed by atoms with E-state index in [2.05, 4.69) is 23.0 Å². The molecule has 0 saturated carbocycles. The summed E-state index contributed by atoms with van der Waals surface area (Å²) in [4.78, 5) is 21.4. The van der Waals surface area contributed by atoms with Gasteiger partial charge in [0.2, 0.25) is 0 Å². The van der Waals surface area contributed by atoms with Gasteiger partial charge in [0.25, 0.3) is 5.56 Å². The number of aryl methyl sites for hydroxylation is 1. The molecular weight excluding hydrogens is 314 g/mol. The Bertz CT molecular complexity index is 921. The molecule has 0 unspecified atom stereocenters. The van der Waals surface area contributed by atoms with Crippen LogP contribution in [0.15, 0.2) is 40.3 Å². The van der Waals surface area contributed by atoms with E-state index in [0.29, 0.717) is 21.9 Å². The van der Waals surface area contributed by atoms with Gasteiger partial charge in [0.15, 0.2) is 5.16 Å². The molecule has 0 aliphatic carbocycles. The van der Waals surface area contributed by atoms with Gasteiger partial charge in [0.1, 0.15) is 4.83 Å². The number of thiophene rings is 1. The van der Waals surface area contributed by atoms with Crippen molar-refractivity contribution in [1.82, 2.24) is 9.97 Å². The van der Waals surface area contributed by atoms with Crippen LogP contribution in [0.3, 0.4) is 0 Å². The molecular formula is C16H13N3OS2. The van der Waals surface area contributed by atoms with Crippen molar-refractivity contribution < 1.29 is 0 Å². The third kappa shape index (κ3) is 3.06. The zero-order chi connectivity index (χ0) is 15.5. The van der Waals surface area contributed by atoms with Crippen LogP contribution in [0, 0.1) is 11.3 Å². The Morgan fingerprint density at radius 3 is 3.05 bits per heavy atom. The zero-order valence-electron chi connectivity index (χ0n) is 11.9. The first-order valence-electron chi connectivity index (χ1n) is 6.84. The van der Waals surface area contributed by atoms with Gasteiger partial charge in [-0.05, 0) is 30.2 Å². The van der Waals surface area contributed by atoms with Gasteiger partial charge >= 0.3 is 0 Å². The molecule has 1 N–H and O–H groups in total. The molecule has 0 bridgehead atoms. The van der Waals surface area contributed by atoms with Crippen molar-refractivity contribution in [2.45, 2.75) is 24.3 Å². The van der Waals surface area contributed by atoms with Crippen LogP contribution < -0.4 is 5.56 Å². The van der Waals surface area contributed by atoms with Crippen LogP contribution in [0.1, 0.15) is 22.9 Å². The maximum atomic E-state index is 12.1. The highest BCUT2D eigenvalue weighted by molar-refractivity contribution is 7.98. The Hall–Kier alpha value is -2.10. The van der Waals surface area contributed by atoms with Crippen molar-refractivity contribution >= 4 is 33.3 Å². The number of rotatable bonds is 4. The summed E-state index contributed by atoms with van der Waals surface area (Å²) in [7, 11) is 0. The van der Waals surface area contributed by atoms with Crippen molar-refractivity contribution in [2.75, 3.05) is 0 Å². The topological polar surface area (TPSA) is 69.5 Å². The molecule has 0 amide bonds. The molecule has 0 radical (unpaired) electrons. The highest BCUT2D eigenvalue weighted by Gasteiger charge is 2.08. The second-order valence-corrected chi connectivity index (χ2v) is 6.84. The van der Waals surface area contributed by atoms with E-state index in [4.69, 9.17) is 5.26 Å². The Labute approximate surface area is 135 Å². The fourth-order valence-corrected chi connectivity index (χ4v) is 3.92. The van der Waals surface area contributed by atoms with E-state index in [1.165, 1.54) is 11.8 Å². The standard InChI is InChI=1S/C16H13N3OS2/c1-2-12-7-13-14(20)18-16(19-15(13)22-12)21-9-11-5-3-4-10(6-11)8-17/h3-7H,2,9H2,1H3,(H,18,19,20). The van der Waals surface area contributed by atoms with E-state index in [1.807, 2.05) is 24.3 Å². The van der Waals surface area contributed by atoms with Gasteiger partial charge in [-0.25, -0.2) is 4.98 Å². The lowest BCUT2D eigenvalue weighted by atomic mass is 10.2. The van der Waals surface area contributed by atoms with E-state index in [0.717, 1.165) is 21.7 Å². The molecule has 1 aromatic carbocycles. The minimum atomic E-state index is -0.0887. The van der Waals surface area contributed by atoms with Gasteiger partial charge < -0.3 is 4.98 Å². The average Bonchev–Trinajstić information content (AvgIpc) is 2.97. The SMILES string of the molecule is CCc1cc2c(=O)[nH]c(SCc3cccc(C#N)c3)nc2s1. The molecule has 0 atom stereocenters. The number of hydrogen-bond donors (Lipinski definition) is 1. The number of hydrogen-bond acceptors (Lipinski definition) is 5. The van der Waals surface area contributed by atoms with E-state index in [1.54, 1.807) is 17.4 Å². The number of benzene rings is 1. The van der Waals surface area contributed by atoms with Crippen molar-refractivity contribution in [1.29, 1.82) is 5.26 Å². The maximum Gasteiger partial charge on any atom is 0.260 e. The average molecular weight is 327 g/mol. The van der Waals surface area contributed by atoms with Crippen molar-refractivity contribution in [3.05, 3.63) is 56.7 Å². The molecule has 2 aromatic heterocycles. The van der Waals surface area contributed by atoms with Crippen LogP contribution in [0.25, 0.3) is 10.2 Å². The fourth-order valence-electron chi connectivity index (χ4n) is 2.09. The van der Waals surface area contributed by atoms with Crippen molar-refractivity contribution in [3.8, 4) is 6.07 Å². The van der Waals surface area contributed by atoms with Gasteiger partial charge in [-0.3, -0.25) is 4.79 Å². The van der Waals surface area contributed by atoms with E-state index >= 15 is 0 Å². The Balaban J connectivity index is 1.84. The van der Waals surface area contributed by atoms with Crippen LogP contribution >= 0.6 is 23.1 Å². The van der Waals surface area contributed by atoms with E-state index in [-0.39, 0.29) is 5.56 Å².